The first-order valence-corrected chi connectivity index (χ1v) is 8.16. The lowest BCUT2D eigenvalue weighted by molar-refractivity contribution is 0.250. The fourth-order valence-corrected chi connectivity index (χ4v) is 3.06. The molecule has 0 saturated carbocycles. The smallest absolute Gasteiger partial charge is 0.319 e. The molecular formula is C16H18N4O2S. The molecule has 3 heterocycles. The molecule has 0 unspecified atom stereocenters. The Morgan fingerprint density at radius 2 is 2.26 bits per heavy atom. The molecule has 0 saturated heterocycles. The molecule has 0 spiro atoms. The normalized spacial score (nSPS) is 12.1. The lowest BCUT2D eigenvalue weighted by atomic mass is 10.2. The van der Waals surface area contributed by atoms with E-state index in [2.05, 4.69) is 15.7 Å². The highest BCUT2D eigenvalue weighted by molar-refractivity contribution is 7.14. The van der Waals surface area contributed by atoms with Gasteiger partial charge in [0.1, 0.15) is 11.8 Å². The van der Waals surface area contributed by atoms with E-state index in [1.54, 1.807) is 6.26 Å². The predicted octanol–water partition coefficient (Wildman–Crippen LogP) is 3.57. The largest absolute Gasteiger partial charge is 0.467 e. The van der Waals surface area contributed by atoms with Gasteiger partial charge in [-0.15, -0.1) is 11.3 Å². The van der Waals surface area contributed by atoms with Crippen LogP contribution < -0.4 is 10.6 Å². The van der Waals surface area contributed by atoms with Crippen LogP contribution in [0, 0.1) is 13.8 Å². The van der Waals surface area contributed by atoms with E-state index in [9.17, 15) is 4.79 Å². The number of nitrogens with one attached hydrogen (secondary N) is 2. The molecule has 3 aromatic rings. The van der Waals surface area contributed by atoms with Gasteiger partial charge in [-0.1, -0.05) is 0 Å². The van der Waals surface area contributed by atoms with Crippen LogP contribution >= 0.6 is 11.3 Å². The summed E-state index contributed by atoms with van der Waals surface area (Å²) in [7, 11) is 0. The number of rotatable bonds is 5. The lowest BCUT2D eigenvalue weighted by Gasteiger charge is -2.18. The first-order valence-electron chi connectivity index (χ1n) is 7.28. The maximum absolute atomic E-state index is 12.0. The highest BCUT2D eigenvalue weighted by atomic mass is 32.1. The first kappa shape index (κ1) is 15.4. The molecule has 3 aromatic heterocycles. The van der Waals surface area contributed by atoms with E-state index in [-0.39, 0.29) is 12.1 Å². The number of furan rings is 1. The van der Waals surface area contributed by atoms with Crippen molar-refractivity contribution in [2.75, 3.05) is 11.9 Å². The zero-order chi connectivity index (χ0) is 16.2. The van der Waals surface area contributed by atoms with Crippen molar-refractivity contribution >= 4 is 22.4 Å². The van der Waals surface area contributed by atoms with Crippen molar-refractivity contribution in [2.24, 2.45) is 0 Å². The zero-order valence-corrected chi connectivity index (χ0v) is 13.8. The van der Waals surface area contributed by atoms with Crippen LogP contribution in [-0.4, -0.2) is 22.4 Å². The van der Waals surface area contributed by atoms with E-state index in [4.69, 9.17) is 4.42 Å². The van der Waals surface area contributed by atoms with Gasteiger partial charge < -0.3 is 9.73 Å². The highest BCUT2D eigenvalue weighted by Gasteiger charge is 2.20. The molecule has 0 aliphatic rings. The number of hydrogen-bond donors (Lipinski definition) is 2. The molecule has 120 valence electrons. The van der Waals surface area contributed by atoms with Gasteiger partial charge in [0.15, 0.2) is 0 Å². The van der Waals surface area contributed by atoms with Crippen molar-refractivity contribution < 1.29 is 9.21 Å². The maximum atomic E-state index is 12.0. The van der Waals surface area contributed by atoms with Crippen LogP contribution in [0.25, 0.3) is 0 Å². The maximum Gasteiger partial charge on any atom is 0.319 e. The minimum Gasteiger partial charge on any atom is -0.467 e. The van der Waals surface area contributed by atoms with Gasteiger partial charge in [-0.3, -0.25) is 10.00 Å². The standard InChI is InChI=1S/C16H18N4O2S/c1-11-9-12(2)20(19-11)13(14-5-3-7-22-14)10-17-16(21)18-15-6-4-8-23-15/h3-9,13H,10H2,1-2H3,(H2,17,18,21)/t13-/m0/s1. The number of aryl methyl sites for hydroxylation is 2. The number of urea groups is 1. The summed E-state index contributed by atoms with van der Waals surface area (Å²) in [5, 5.41) is 12.9. The quantitative estimate of drug-likeness (QED) is 0.751. The van der Waals surface area contributed by atoms with Gasteiger partial charge in [-0.05, 0) is 49.6 Å². The molecular weight excluding hydrogens is 312 g/mol. The number of anilines is 1. The number of thiophene rings is 1. The van der Waals surface area contributed by atoms with Crippen molar-refractivity contribution in [3.05, 3.63) is 59.1 Å². The third kappa shape index (κ3) is 3.62. The summed E-state index contributed by atoms with van der Waals surface area (Å²) in [5.74, 6) is 0.757. The van der Waals surface area contributed by atoms with Gasteiger partial charge in [0.05, 0.1) is 17.0 Å². The molecule has 0 fully saturated rings. The Morgan fingerprint density at radius 1 is 1.39 bits per heavy atom. The number of nitrogens with zero attached hydrogens (tertiary/aromatic N) is 2. The van der Waals surface area contributed by atoms with Crippen molar-refractivity contribution in [3.8, 4) is 0 Å². The van der Waals surface area contributed by atoms with Crippen LogP contribution in [-0.2, 0) is 0 Å². The summed E-state index contributed by atoms with van der Waals surface area (Å²) in [5.41, 5.74) is 1.95. The molecule has 3 rings (SSSR count). The first-order chi connectivity index (χ1) is 11.1. The number of carbonyl (C=O) groups is 1. The lowest BCUT2D eigenvalue weighted by Crippen LogP contribution is -2.34. The third-order valence-electron chi connectivity index (χ3n) is 3.43. The minimum atomic E-state index is -0.245. The van der Waals surface area contributed by atoms with E-state index in [1.807, 2.05) is 54.2 Å². The van der Waals surface area contributed by atoms with E-state index in [0.717, 1.165) is 22.1 Å². The minimum absolute atomic E-state index is 0.187. The molecule has 0 aliphatic carbocycles. The van der Waals surface area contributed by atoms with Crippen LogP contribution in [0.1, 0.15) is 23.2 Å². The molecule has 0 aromatic carbocycles. The topological polar surface area (TPSA) is 72.1 Å². The van der Waals surface area contributed by atoms with Crippen molar-refractivity contribution in [1.82, 2.24) is 15.1 Å². The molecule has 2 N–H and O–H groups in total. The molecule has 23 heavy (non-hydrogen) atoms. The molecule has 0 radical (unpaired) electrons. The van der Waals surface area contributed by atoms with Crippen molar-refractivity contribution in [2.45, 2.75) is 19.9 Å². The van der Waals surface area contributed by atoms with Crippen LogP contribution in [0.2, 0.25) is 0 Å². The summed E-state index contributed by atoms with van der Waals surface area (Å²) in [4.78, 5) is 12.0. The second-order valence-electron chi connectivity index (χ2n) is 5.22. The summed E-state index contributed by atoms with van der Waals surface area (Å²) in [6.45, 7) is 4.31. The summed E-state index contributed by atoms with van der Waals surface area (Å²) >= 11 is 1.48. The summed E-state index contributed by atoms with van der Waals surface area (Å²) in [6, 6.07) is 9.04. The van der Waals surface area contributed by atoms with E-state index < -0.39 is 0 Å². The second kappa shape index (κ2) is 6.70. The van der Waals surface area contributed by atoms with Crippen LogP contribution in [0.15, 0.2) is 46.4 Å². The number of aromatic nitrogens is 2. The monoisotopic (exact) mass is 330 g/mol. The Balaban J connectivity index is 1.72. The van der Waals surface area contributed by atoms with Crippen LogP contribution in [0.4, 0.5) is 9.80 Å². The second-order valence-corrected chi connectivity index (χ2v) is 6.16. The number of hydrogen-bond acceptors (Lipinski definition) is 4. The predicted molar refractivity (Wildman–Crippen MR) is 89.9 cm³/mol. The van der Waals surface area contributed by atoms with Gasteiger partial charge in [-0.2, -0.15) is 5.10 Å². The van der Waals surface area contributed by atoms with E-state index in [1.165, 1.54) is 11.3 Å². The summed E-state index contributed by atoms with van der Waals surface area (Å²) in [6.07, 6.45) is 1.62. The Hall–Kier alpha value is -2.54. The number of amides is 2. The third-order valence-corrected chi connectivity index (χ3v) is 4.21. The number of carbonyl (C=O) groups excluding carboxylic acids is 1. The van der Waals surface area contributed by atoms with Crippen molar-refractivity contribution in [1.29, 1.82) is 0 Å². The van der Waals surface area contributed by atoms with Gasteiger partial charge in [0.2, 0.25) is 0 Å². The zero-order valence-electron chi connectivity index (χ0n) is 12.9. The Bertz CT molecular complexity index is 762. The highest BCUT2D eigenvalue weighted by Crippen LogP contribution is 2.20. The van der Waals surface area contributed by atoms with E-state index >= 15 is 0 Å². The average molecular weight is 330 g/mol. The summed E-state index contributed by atoms with van der Waals surface area (Å²) < 4.78 is 7.40. The Kier molecular flexibility index (Phi) is 4.47. The molecule has 2 amide bonds. The fraction of sp³-hybridized carbons (Fsp3) is 0.250. The molecule has 0 bridgehead atoms. The molecule has 0 aliphatic heterocycles. The fourth-order valence-electron chi connectivity index (χ4n) is 2.45. The van der Waals surface area contributed by atoms with Gasteiger partial charge >= 0.3 is 6.03 Å². The SMILES string of the molecule is Cc1cc(C)n([C@@H](CNC(=O)Nc2cccs2)c2ccco2)n1. The van der Waals surface area contributed by atoms with Crippen molar-refractivity contribution in [3.63, 3.8) is 0 Å². The van der Waals surface area contributed by atoms with Gasteiger partial charge in [-0.25, -0.2) is 4.79 Å². The van der Waals surface area contributed by atoms with Gasteiger partial charge in [0.25, 0.3) is 0 Å². The Labute approximate surface area is 138 Å². The molecule has 6 nitrogen and oxygen atoms in total. The van der Waals surface area contributed by atoms with Crippen LogP contribution in [0.3, 0.4) is 0 Å². The molecule has 1 atom stereocenters. The van der Waals surface area contributed by atoms with E-state index in [0.29, 0.717) is 6.54 Å². The average Bonchev–Trinajstić information content (AvgIpc) is 3.23. The molecule has 7 heteroatoms. The Morgan fingerprint density at radius 3 is 2.87 bits per heavy atom. The van der Waals surface area contributed by atoms with Gasteiger partial charge in [0, 0.05) is 12.2 Å². The van der Waals surface area contributed by atoms with Crippen LogP contribution in [0.5, 0.6) is 0 Å².